The van der Waals surface area contributed by atoms with Crippen molar-refractivity contribution in [2.45, 2.75) is 39.3 Å². The standard InChI is InChI=1S/C21H29N5O3/c1-4-29-21(27)26-11-9-17(10-12-26)24-20-23-15(2)13-19(25-20)22-14-16-7-5-6-8-18(16)28-3/h5-8,13,17H,4,9-12,14H2,1-3H3,(H2,22,23,24,25). The van der Waals surface area contributed by atoms with Gasteiger partial charge in [-0.2, -0.15) is 4.98 Å². The Morgan fingerprint density at radius 3 is 2.72 bits per heavy atom. The molecule has 0 aliphatic carbocycles. The third kappa shape index (κ3) is 5.73. The van der Waals surface area contributed by atoms with Gasteiger partial charge in [-0.3, -0.25) is 0 Å². The lowest BCUT2D eigenvalue weighted by molar-refractivity contribution is 0.0983. The number of likely N-dealkylation sites (tertiary alicyclic amines) is 1. The van der Waals surface area contributed by atoms with E-state index in [0.29, 0.717) is 32.2 Å². The van der Waals surface area contributed by atoms with E-state index in [1.165, 1.54) is 0 Å². The zero-order valence-electron chi connectivity index (χ0n) is 17.3. The van der Waals surface area contributed by atoms with Crippen molar-refractivity contribution in [1.82, 2.24) is 14.9 Å². The molecule has 1 aliphatic heterocycles. The Labute approximate surface area is 171 Å². The predicted octanol–water partition coefficient (Wildman–Crippen LogP) is 3.44. The van der Waals surface area contributed by atoms with Crippen LogP contribution in [0.2, 0.25) is 0 Å². The number of para-hydroxylation sites is 1. The summed E-state index contributed by atoms with van der Waals surface area (Å²) >= 11 is 0. The predicted molar refractivity (Wildman–Crippen MR) is 112 cm³/mol. The summed E-state index contributed by atoms with van der Waals surface area (Å²) in [6, 6.07) is 10.1. The van der Waals surface area contributed by atoms with Crippen LogP contribution in [-0.2, 0) is 11.3 Å². The minimum absolute atomic E-state index is 0.226. The molecule has 156 valence electrons. The molecule has 1 fully saturated rings. The van der Waals surface area contributed by atoms with Gasteiger partial charge in [0, 0.05) is 43.0 Å². The zero-order chi connectivity index (χ0) is 20.6. The summed E-state index contributed by atoms with van der Waals surface area (Å²) in [6.45, 7) is 6.12. The van der Waals surface area contributed by atoms with E-state index in [-0.39, 0.29) is 12.1 Å². The summed E-state index contributed by atoms with van der Waals surface area (Å²) < 4.78 is 10.5. The molecule has 1 amide bonds. The van der Waals surface area contributed by atoms with E-state index in [0.717, 1.165) is 35.7 Å². The van der Waals surface area contributed by atoms with Crippen molar-refractivity contribution in [2.24, 2.45) is 0 Å². The number of ether oxygens (including phenoxy) is 2. The maximum Gasteiger partial charge on any atom is 0.409 e. The highest BCUT2D eigenvalue weighted by atomic mass is 16.6. The summed E-state index contributed by atoms with van der Waals surface area (Å²) in [5.74, 6) is 2.20. The van der Waals surface area contributed by atoms with Gasteiger partial charge in [0.15, 0.2) is 0 Å². The number of carbonyl (C=O) groups is 1. The number of aromatic nitrogens is 2. The highest BCUT2D eigenvalue weighted by molar-refractivity contribution is 5.67. The number of amides is 1. The van der Waals surface area contributed by atoms with Crippen LogP contribution in [0.1, 0.15) is 31.0 Å². The van der Waals surface area contributed by atoms with Crippen LogP contribution in [0.15, 0.2) is 30.3 Å². The van der Waals surface area contributed by atoms with Crippen molar-refractivity contribution >= 4 is 17.9 Å². The summed E-state index contributed by atoms with van der Waals surface area (Å²) in [4.78, 5) is 22.7. The second-order valence-electron chi connectivity index (χ2n) is 6.99. The van der Waals surface area contributed by atoms with Crippen LogP contribution in [0.25, 0.3) is 0 Å². The number of hydrogen-bond acceptors (Lipinski definition) is 7. The number of hydrogen-bond donors (Lipinski definition) is 2. The van der Waals surface area contributed by atoms with Gasteiger partial charge in [-0.25, -0.2) is 9.78 Å². The van der Waals surface area contributed by atoms with Gasteiger partial charge in [0.05, 0.1) is 13.7 Å². The highest BCUT2D eigenvalue weighted by Gasteiger charge is 2.24. The number of benzene rings is 1. The van der Waals surface area contributed by atoms with E-state index >= 15 is 0 Å². The SMILES string of the molecule is CCOC(=O)N1CCC(Nc2nc(C)cc(NCc3ccccc3OC)n2)CC1. The van der Waals surface area contributed by atoms with Gasteiger partial charge >= 0.3 is 6.09 Å². The Balaban J connectivity index is 1.57. The van der Waals surface area contributed by atoms with Crippen LogP contribution in [-0.4, -0.2) is 53.8 Å². The van der Waals surface area contributed by atoms with Crippen molar-refractivity contribution in [3.8, 4) is 5.75 Å². The largest absolute Gasteiger partial charge is 0.496 e. The van der Waals surface area contributed by atoms with Crippen LogP contribution in [0, 0.1) is 6.92 Å². The van der Waals surface area contributed by atoms with E-state index < -0.39 is 0 Å². The number of rotatable bonds is 7. The Morgan fingerprint density at radius 2 is 2.00 bits per heavy atom. The second-order valence-corrected chi connectivity index (χ2v) is 6.99. The number of carbonyl (C=O) groups excluding carboxylic acids is 1. The molecule has 8 heteroatoms. The minimum Gasteiger partial charge on any atom is -0.496 e. The normalized spacial score (nSPS) is 14.4. The van der Waals surface area contributed by atoms with E-state index in [4.69, 9.17) is 9.47 Å². The number of nitrogens with zero attached hydrogens (tertiary/aromatic N) is 3. The third-order valence-electron chi connectivity index (χ3n) is 4.86. The van der Waals surface area contributed by atoms with Gasteiger partial charge in [0.25, 0.3) is 0 Å². The highest BCUT2D eigenvalue weighted by Crippen LogP contribution is 2.20. The van der Waals surface area contributed by atoms with Crippen molar-refractivity contribution in [3.05, 3.63) is 41.6 Å². The average molecular weight is 399 g/mol. The maximum absolute atomic E-state index is 11.8. The van der Waals surface area contributed by atoms with Gasteiger partial charge in [-0.15, -0.1) is 0 Å². The average Bonchev–Trinajstić information content (AvgIpc) is 2.73. The Morgan fingerprint density at radius 1 is 1.24 bits per heavy atom. The fourth-order valence-electron chi connectivity index (χ4n) is 3.36. The molecule has 0 saturated carbocycles. The van der Waals surface area contributed by atoms with Crippen molar-refractivity contribution < 1.29 is 14.3 Å². The number of nitrogens with one attached hydrogen (secondary N) is 2. The molecule has 1 aromatic carbocycles. The van der Waals surface area contributed by atoms with Gasteiger partial charge in [0.1, 0.15) is 11.6 Å². The molecule has 2 N–H and O–H groups in total. The minimum atomic E-state index is -0.236. The molecule has 8 nitrogen and oxygen atoms in total. The first-order valence-corrected chi connectivity index (χ1v) is 9.98. The van der Waals surface area contributed by atoms with Crippen LogP contribution in [0.4, 0.5) is 16.6 Å². The molecule has 0 unspecified atom stereocenters. The first-order chi connectivity index (χ1) is 14.1. The number of anilines is 2. The molecular formula is C21H29N5O3. The Hall–Kier alpha value is -3.03. The molecule has 2 aromatic rings. The summed E-state index contributed by atoms with van der Waals surface area (Å²) in [5.41, 5.74) is 1.95. The molecule has 0 spiro atoms. The summed E-state index contributed by atoms with van der Waals surface area (Å²) in [7, 11) is 1.67. The van der Waals surface area contributed by atoms with E-state index in [1.54, 1.807) is 12.0 Å². The lowest BCUT2D eigenvalue weighted by Crippen LogP contribution is -2.42. The lowest BCUT2D eigenvalue weighted by Gasteiger charge is -2.31. The van der Waals surface area contributed by atoms with Crippen molar-refractivity contribution in [3.63, 3.8) is 0 Å². The second kappa shape index (κ2) is 9.95. The summed E-state index contributed by atoms with van der Waals surface area (Å²) in [6.07, 6.45) is 1.43. The van der Waals surface area contributed by atoms with Gasteiger partial charge in [-0.1, -0.05) is 18.2 Å². The van der Waals surface area contributed by atoms with E-state index in [9.17, 15) is 4.79 Å². The molecule has 2 heterocycles. The number of piperidine rings is 1. The van der Waals surface area contributed by atoms with Gasteiger partial charge in [-0.05, 0) is 32.8 Å². The molecular weight excluding hydrogens is 370 g/mol. The fraction of sp³-hybridized carbons (Fsp3) is 0.476. The topological polar surface area (TPSA) is 88.6 Å². The molecule has 1 aliphatic rings. The maximum atomic E-state index is 11.8. The first-order valence-electron chi connectivity index (χ1n) is 9.98. The quantitative estimate of drug-likeness (QED) is 0.737. The summed E-state index contributed by atoms with van der Waals surface area (Å²) in [5, 5.41) is 6.76. The smallest absolute Gasteiger partial charge is 0.409 e. The van der Waals surface area contributed by atoms with Crippen LogP contribution < -0.4 is 15.4 Å². The van der Waals surface area contributed by atoms with Gasteiger partial charge in [0.2, 0.25) is 5.95 Å². The lowest BCUT2D eigenvalue weighted by atomic mass is 10.1. The molecule has 1 saturated heterocycles. The molecule has 29 heavy (non-hydrogen) atoms. The van der Waals surface area contributed by atoms with E-state index in [1.807, 2.05) is 44.2 Å². The Kier molecular flexibility index (Phi) is 7.10. The van der Waals surface area contributed by atoms with Gasteiger partial charge < -0.3 is 25.0 Å². The number of methoxy groups -OCH3 is 1. The zero-order valence-corrected chi connectivity index (χ0v) is 17.3. The van der Waals surface area contributed by atoms with Crippen LogP contribution in [0.5, 0.6) is 5.75 Å². The van der Waals surface area contributed by atoms with Crippen molar-refractivity contribution in [1.29, 1.82) is 0 Å². The molecule has 3 rings (SSSR count). The monoisotopic (exact) mass is 399 g/mol. The van der Waals surface area contributed by atoms with E-state index in [2.05, 4.69) is 20.6 Å². The molecule has 1 aromatic heterocycles. The molecule has 0 atom stereocenters. The van der Waals surface area contributed by atoms with Crippen LogP contribution in [0.3, 0.4) is 0 Å². The third-order valence-corrected chi connectivity index (χ3v) is 4.86. The van der Waals surface area contributed by atoms with Crippen molar-refractivity contribution in [2.75, 3.05) is 37.4 Å². The fourth-order valence-corrected chi connectivity index (χ4v) is 3.36. The van der Waals surface area contributed by atoms with Crippen LogP contribution >= 0.6 is 0 Å². The first kappa shape index (κ1) is 20.7. The molecule has 0 radical (unpaired) electrons. The number of aryl methyl sites for hydroxylation is 1. The molecule has 0 bridgehead atoms. The Bertz CT molecular complexity index is 822.